The minimum atomic E-state index is -0.642. The second-order valence-corrected chi connectivity index (χ2v) is 5.69. The SMILES string of the molecule is CCOC(=O)Cn1c(=NC(=O)c2ccno2)sc2cc(F)ccc21. The van der Waals surface area contributed by atoms with Crippen LogP contribution in [0, 0.1) is 5.82 Å². The quantitative estimate of drug-likeness (QED) is 0.674. The van der Waals surface area contributed by atoms with E-state index in [9.17, 15) is 14.0 Å². The monoisotopic (exact) mass is 349 g/mol. The van der Waals surface area contributed by atoms with Gasteiger partial charge >= 0.3 is 11.9 Å². The van der Waals surface area contributed by atoms with E-state index < -0.39 is 17.7 Å². The van der Waals surface area contributed by atoms with Crippen molar-refractivity contribution in [1.29, 1.82) is 0 Å². The van der Waals surface area contributed by atoms with Gasteiger partial charge in [0.05, 0.1) is 23.0 Å². The second-order valence-electron chi connectivity index (χ2n) is 4.68. The summed E-state index contributed by atoms with van der Waals surface area (Å²) < 4.78 is 25.2. The highest BCUT2D eigenvalue weighted by Crippen LogP contribution is 2.19. The number of nitrogens with zero attached hydrogens (tertiary/aromatic N) is 3. The number of aromatic nitrogens is 2. The van der Waals surface area contributed by atoms with Crippen LogP contribution in [-0.2, 0) is 16.1 Å². The van der Waals surface area contributed by atoms with Crippen LogP contribution in [0.25, 0.3) is 10.2 Å². The fourth-order valence-electron chi connectivity index (χ4n) is 2.09. The Morgan fingerprint density at radius 1 is 1.42 bits per heavy atom. The maximum absolute atomic E-state index is 13.4. The van der Waals surface area contributed by atoms with Gasteiger partial charge in [0.15, 0.2) is 4.80 Å². The maximum atomic E-state index is 13.4. The summed E-state index contributed by atoms with van der Waals surface area (Å²) in [7, 11) is 0. The van der Waals surface area contributed by atoms with E-state index in [-0.39, 0.29) is 23.7 Å². The Kier molecular flexibility index (Phi) is 4.52. The Hall–Kier alpha value is -2.81. The largest absolute Gasteiger partial charge is 0.465 e. The molecule has 0 unspecified atom stereocenters. The molecule has 3 aromatic rings. The van der Waals surface area contributed by atoms with E-state index >= 15 is 0 Å². The van der Waals surface area contributed by atoms with Gasteiger partial charge in [0.2, 0.25) is 5.76 Å². The van der Waals surface area contributed by atoms with E-state index in [1.54, 1.807) is 6.92 Å². The Morgan fingerprint density at radius 3 is 2.96 bits per heavy atom. The van der Waals surface area contributed by atoms with Crippen molar-refractivity contribution < 1.29 is 23.2 Å². The van der Waals surface area contributed by atoms with Crippen LogP contribution in [0.1, 0.15) is 17.5 Å². The van der Waals surface area contributed by atoms with Crippen LogP contribution in [0.2, 0.25) is 0 Å². The van der Waals surface area contributed by atoms with Crippen molar-refractivity contribution in [2.45, 2.75) is 13.5 Å². The molecule has 7 nitrogen and oxygen atoms in total. The average molecular weight is 349 g/mol. The van der Waals surface area contributed by atoms with Crippen LogP contribution in [0.15, 0.2) is 40.0 Å². The molecular weight excluding hydrogens is 337 g/mol. The van der Waals surface area contributed by atoms with Crippen molar-refractivity contribution >= 4 is 33.4 Å². The van der Waals surface area contributed by atoms with E-state index in [4.69, 9.17) is 9.26 Å². The third-order valence-corrected chi connectivity index (χ3v) is 4.12. The van der Waals surface area contributed by atoms with Gasteiger partial charge in [-0.2, -0.15) is 4.99 Å². The fraction of sp³-hybridized carbons (Fsp3) is 0.200. The summed E-state index contributed by atoms with van der Waals surface area (Å²) in [6.45, 7) is 1.80. The molecule has 3 rings (SSSR count). The zero-order chi connectivity index (χ0) is 17.1. The molecule has 2 heterocycles. The number of carbonyl (C=O) groups excluding carboxylic acids is 2. The van der Waals surface area contributed by atoms with Gasteiger partial charge in [0, 0.05) is 6.07 Å². The molecule has 0 saturated carbocycles. The highest BCUT2D eigenvalue weighted by atomic mass is 32.1. The van der Waals surface area contributed by atoms with Gasteiger partial charge in [-0.25, -0.2) is 4.39 Å². The number of rotatable bonds is 4. The summed E-state index contributed by atoms with van der Waals surface area (Å²) in [4.78, 5) is 28.1. The molecule has 0 bridgehead atoms. The van der Waals surface area contributed by atoms with Gasteiger partial charge in [0.1, 0.15) is 12.4 Å². The van der Waals surface area contributed by atoms with Gasteiger partial charge in [0.25, 0.3) is 0 Å². The molecule has 0 saturated heterocycles. The first-order valence-corrected chi connectivity index (χ1v) is 7.84. The van der Waals surface area contributed by atoms with E-state index in [1.165, 1.54) is 35.0 Å². The molecule has 1 amide bonds. The summed E-state index contributed by atoms with van der Waals surface area (Å²) >= 11 is 1.09. The predicted molar refractivity (Wildman–Crippen MR) is 82.8 cm³/mol. The van der Waals surface area contributed by atoms with Gasteiger partial charge in [-0.1, -0.05) is 16.5 Å². The molecule has 1 aromatic carbocycles. The molecule has 0 aliphatic rings. The molecule has 0 atom stereocenters. The molecular formula is C15H12FN3O4S. The predicted octanol–water partition coefficient (Wildman–Crippen LogP) is 2.13. The lowest BCUT2D eigenvalue weighted by atomic mass is 10.3. The number of hydrogen-bond donors (Lipinski definition) is 0. The van der Waals surface area contributed by atoms with Crippen molar-refractivity contribution in [3.63, 3.8) is 0 Å². The summed E-state index contributed by atoms with van der Waals surface area (Å²) in [6, 6.07) is 5.51. The van der Waals surface area contributed by atoms with E-state index in [0.717, 1.165) is 11.3 Å². The Balaban J connectivity index is 2.11. The molecule has 0 aliphatic carbocycles. The van der Waals surface area contributed by atoms with Gasteiger partial charge in [-0.3, -0.25) is 9.59 Å². The molecule has 124 valence electrons. The minimum Gasteiger partial charge on any atom is -0.465 e. The zero-order valence-electron chi connectivity index (χ0n) is 12.6. The molecule has 0 aliphatic heterocycles. The summed E-state index contributed by atoms with van der Waals surface area (Å²) in [5, 5.41) is 3.45. The van der Waals surface area contributed by atoms with E-state index in [0.29, 0.717) is 10.2 Å². The smallest absolute Gasteiger partial charge is 0.326 e. The first kappa shape index (κ1) is 16.1. The lowest BCUT2D eigenvalue weighted by Gasteiger charge is -2.04. The van der Waals surface area contributed by atoms with Crippen LogP contribution >= 0.6 is 11.3 Å². The number of amides is 1. The zero-order valence-corrected chi connectivity index (χ0v) is 13.4. The lowest BCUT2D eigenvalue weighted by Crippen LogP contribution is -2.23. The number of thiazole rings is 1. The topological polar surface area (TPSA) is 86.7 Å². The number of benzene rings is 1. The van der Waals surface area contributed by atoms with Crippen LogP contribution in [0.3, 0.4) is 0 Å². The van der Waals surface area contributed by atoms with E-state index in [2.05, 4.69) is 10.1 Å². The molecule has 0 fully saturated rings. The van der Waals surface area contributed by atoms with Crippen LogP contribution in [-0.4, -0.2) is 28.2 Å². The number of halogens is 1. The molecule has 0 spiro atoms. The van der Waals surface area contributed by atoms with Crippen LogP contribution in [0.5, 0.6) is 0 Å². The normalized spacial score (nSPS) is 11.8. The Labute approximate surface area is 139 Å². The number of fused-ring (bicyclic) bond motifs is 1. The van der Waals surface area contributed by atoms with E-state index in [1.807, 2.05) is 0 Å². The number of esters is 1. The van der Waals surface area contributed by atoms with Gasteiger partial charge in [-0.15, -0.1) is 0 Å². The third-order valence-electron chi connectivity index (χ3n) is 3.08. The van der Waals surface area contributed by atoms with Crippen molar-refractivity contribution in [3.05, 3.63) is 46.8 Å². The number of hydrogen-bond acceptors (Lipinski definition) is 6. The molecule has 2 aromatic heterocycles. The Bertz CT molecular complexity index is 959. The standard InChI is InChI=1S/C15H12FN3O4S/c1-2-22-13(20)8-19-10-4-3-9(16)7-12(10)24-15(19)18-14(21)11-5-6-17-23-11/h3-7H,2,8H2,1H3. The lowest BCUT2D eigenvalue weighted by molar-refractivity contribution is -0.143. The fourth-order valence-corrected chi connectivity index (χ4v) is 3.14. The summed E-state index contributed by atoms with van der Waals surface area (Å²) in [6.07, 6.45) is 1.33. The van der Waals surface area contributed by atoms with Crippen molar-refractivity contribution in [3.8, 4) is 0 Å². The van der Waals surface area contributed by atoms with Crippen molar-refractivity contribution in [2.24, 2.45) is 4.99 Å². The first-order valence-electron chi connectivity index (χ1n) is 7.02. The number of ether oxygens (including phenoxy) is 1. The third kappa shape index (κ3) is 3.25. The average Bonchev–Trinajstić information content (AvgIpc) is 3.16. The van der Waals surface area contributed by atoms with Crippen molar-refractivity contribution in [1.82, 2.24) is 9.72 Å². The molecule has 0 radical (unpaired) electrons. The highest BCUT2D eigenvalue weighted by molar-refractivity contribution is 7.16. The van der Waals surface area contributed by atoms with Gasteiger partial charge in [-0.05, 0) is 25.1 Å². The van der Waals surface area contributed by atoms with Crippen molar-refractivity contribution in [2.75, 3.05) is 6.61 Å². The van der Waals surface area contributed by atoms with Crippen LogP contribution < -0.4 is 4.80 Å². The summed E-state index contributed by atoms with van der Waals surface area (Å²) in [5.74, 6) is -1.56. The second kappa shape index (κ2) is 6.75. The Morgan fingerprint density at radius 2 is 2.25 bits per heavy atom. The molecule has 9 heteroatoms. The maximum Gasteiger partial charge on any atom is 0.326 e. The van der Waals surface area contributed by atoms with Crippen LogP contribution in [0.4, 0.5) is 4.39 Å². The number of carbonyl (C=O) groups is 2. The molecule has 24 heavy (non-hydrogen) atoms. The first-order chi connectivity index (χ1) is 11.6. The highest BCUT2D eigenvalue weighted by Gasteiger charge is 2.14. The van der Waals surface area contributed by atoms with Gasteiger partial charge < -0.3 is 13.8 Å². The summed E-state index contributed by atoms with van der Waals surface area (Å²) in [5.41, 5.74) is 0.582. The molecule has 0 N–H and O–H groups in total. The minimum absolute atomic E-state index is 0.0266.